The lowest BCUT2D eigenvalue weighted by atomic mass is 10.0. The van der Waals surface area contributed by atoms with Crippen LogP contribution in [0.1, 0.15) is 71.9 Å². The Bertz CT molecular complexity index is 738. The fourth-order valence-corrected chi connectivity index (χ4v) is 4.27. The first-order valence-corrected chi connectivity index (χ1v) is 11.9. The van der Waals surface area contributed by atoms with Crippen molar-refractivity contribution in [2.45, 2.75) is 72.1 Å². The Balaban J connectivity index is 0.000000583. The molecule has 0 radical (unpaired) electrons. The van der Waals surface area contributed by atoms with Crippen LogP contribution < -0.4 is 4.31 Å². The summed E-state index contributed by atoms with van der Waals surface area (Å²) in [4.78, 5) is 0.854. The summed E-state index contributed by atoms with van der Waals surface area (Å²) in [5.74, 6) is 1.32. The minimum Gasteiger partial charge on any atom is -0.287 e. The van der Waals surface area contributed by atoms with E-state index < -0.39 is 11.0 Å². The van der Waals surface area contributed by atoms with Crippen LogP contribution in [-0.4, -0.2) is 10.8 Å². The lowest BCUT2D eigenvalue weighted by Crippen LogP contribution is -2.31. The highest BCUT2D eigenvalue weighted by atomic mass is 35.5. The summed E-state index contributed by atoms with van der Waals surface area (Å²) < 4.78 is 14.9. The normalized spacial score (nSPS) is 13.9. The Hall–Kier alpha value is -1.32. The van der Waals surface area contributed by atoms with Crippen molar-refractivity contribution in [1.29, 1.82) is 0 Å². The maximum Gasteiger partial charge on any atom is 0.152 e. The van der Waals surface area contributed by atoms with Gasteiger partial charge in [-0.05, 0) is 66.1 Å². The van der Waals surface area contributed by atoms with Crippen molar-refractivity contribution in [3.8, 4) is 0 Å². The Morgan fingerprint density at radius 3 is 2.07 bits per heavy atom. The molecule has 3 rings (SSSR count). The summed E-state index contributed by atoms with van der Waals surface area (Å²) >= 11 is 6.07. The molecule has 2 aromatic carbocycles. The Labute approximate surface area is 179 Å². The van der Waals surface area contributed by atoms with Gasteiger partial charge in [-0.25, -0.2) is 4.21 Å². The van der Waals surface area contributed by atoms with Gasteiger partial charge < -0.3 is 0 Å². The molecule has 1 aliphatic rings. The number of benzene rings is 2. The molecule has 4 heteroatoms. The molecule has 0 amide bonds. The predicted octanol–water partition coefficient (Wildman–Crippen LogP) is 7.63. The highest BCUT2D eigenvalue weighted by Crippen LogP contribution is 2.32. The van der Waals surface area contributed by atoms with Crippen LogP contribution >= 0.6 is 11.6 Å². The maximum absolute atomic E-state index is 12.9. The lowest BCUT2D eigenvalue weighted by Gasteiger charge is -2.30. The van der Waals surface area contributed by atoms with E-state index in [1.54, 1.807) is 0 Å². The zero-order chi connectivity index (χ0) is 21.3. The number of aryl methyl sites for hydroxylation is 1. The van der Waals surface area contributed by atoms with E-state index in [1.165, 1.54) is 11.1 Å². The highest BCUT2D eigenvalue weighted by molar-refractivity contribution is 7.86. The Morgan fingerprint density at radius 2 is 1.54 bits per heavy atom. The lowest BCUT2D eigenvalue weighted by molar-refractivity contribution is 0.672. The summed E-state index contributed by atoms with van der Waals surface area (Å²) in [7, 11) is -1.17. The van der Waals surface area contributed by atoms with Gasteiger partial charge in [0.15, 0.2) is 11.0 Å². The van der Waals surface area contributed by atoms with Crippen LogP contribution in [-0.2, 0) is 17.4 Å². The van der Waals surface area contributed by atoms with E-state index >= 15 is 0 Å². The molecule has 0 saturated heterocycles. The van der Waals surface area contributed by atoms with Gasteiger partial charge in [-0.3, -0.25) is 4.31 Å². The molecule has 28 heavy (non-hydrogen) atoms. The van der Waals surface area contributed by atoms with E-state index in [-0.39, 0.29) is 0 Å². The average Bonchev–Trinajstić information content (AvgIpc) is 2.68. The fourth-order valence-electron chi connectivity index (χ4n) is 2.80. The number of rotatable bonds is 3. The van der Waals surface area contributed by atoms with Crippen molar-refractivity contribution in [3.05, 3.63) is 58.6 Å². The van der Waals surface area contributed by atoms with Crippen LogP contribution in [0.25, 0.3) is 0 Å². The molecule has 1 atom stereocenters. The topological polar surface area (TPSA) is 20.3 Å². The number of fused-ring (bicyclic) bond motifs is 1. The van der Waals surface area contributed by atoms with Gasteiger partial charge in [0.1, 0.15) is 0 Å². The van der Waals surface area contributed by atoms with E-state index in [0.29, 0.717) is 5.92 Å². The van der Waals surface area contributed by atoms with E-state index in [1.807, 2.05) is 48.5 Å². The van der Waals surface area contributed by atoms with Crippen LogP contribution in [0.4, 0.5) is 5.69 Å². The molecule has 0 spiro atoms. The van der Waals surface area contributed by atoms with Gasteiger partial charge in [0.2, 0.25) is 0 Å². The molecule has 0 N–H and O–H groups in total. The van der Waals surface area contributed by atoms with Gasteiger partial charge >= 0.3 is 0 Å². The van der Waals surface area contributed by atoms with Gasteiger partial charge in [0, 0.05) is 11.6 Å². The standard InChI is InChI=1S/C18H20ClNOS.C4H10.C2H6/c1-13(2)14-5-8-17(9-6-14)22(21)20-11-3-4-15-12-16(19)7-10-18(15)20;1-4(2)3;1-2/h5-10,12-13H,3-4,11H2,1-2H3;4H,1-3H3;1-2H3. The number of nitrogens with zero attached hydrogens (tertiary/aromatic N) is 1. The molecule has 0 fully saturated rings. The van der Waals surface area contributed by atoms with Gasteiger partial charge in [0.25, 0.3) is 0 Å². The van der Waals surface area contributed by atoms with Crippen molar-refractivity contribution in [1.82, 2.24) is 0 Å². The average molecular weight is 422 g/mol. The molecule has 0 aromatic heterocycles. The number of anilines is 1. The van der Waals surface area contributed by atoms with E-state index in [0.717, 1.165) is 40.9 Å². The van der Waals surface area contributed by atoms with Crippen LogP contribution in [0.15, 0.2) is 47.4 Å². The Morgan fingerprint density at radius 1 is 0.964 bits per heavy atom. The van der Waals surface area contributed by atoms with Gasteiger partial charge in [-0.2, -0.15) is 0 Å². The summed E-state index contributed by atoms with van der Waals surface area (Å²) in [6, 6.07) is 14.0. The first-order chi connectivity index (χ1) is 13.3. The molecule has 0 aliphatic carbocycles. The monoisotopic (exact) mass is 421 g/mol. The molecule has 1 heterocycles. The molecule has 2 aromatic rings. The quantitative estimate of drug-likeness (QED) is 0.498. The second kappa shape index (κ2) is 12.3. The molecule has 1 unspecified atom stereocenters. The molecule has 1 aliphatic heterocycles. The van der Waals surface area contributed by atoms with E-state index in [4.69, 9.17) is 11.6 Å². The molecular formula is C24H36ClNOS. The number of hydrogen-bond donors (Lipinski definition) is 0. The summed E-state index contributed by atoms with van der Waals surface area (Å²) in [5, 5.41) is 0.743. The van der Waals surface area contributed by atoms with Crippen molar-refractivity contribution in [3.63, 3.8) is 0 Å². The predicted molar refractivity (Wildman–Crippen MR) is 126 cm³/mol. The molecular weight excluding hydrogens is 386 g/mol. The summed E-state index contributed by atoms with van der Waals surface area (Å²) in [6.45, 7) is 15.6. The smallest absolute Gasteiger partial charge is 0.152 e. The van der Waals surface area contributed by atoms with Crippen molar-refractivity contribution in [2.75, 3.05) is 10.8 Å². The van der Waals surface area contributed by atoms with E-state index in [9.17, 15) is 4.21 Å². The molecule has 0 saturated carbocycles. The minimum atomic E-state index is -1.17. The summed E-state index contributed by atoms with van der Waals surface area (Å²) in [5.41, 5.74) is 3.50. The molecule has 0 bridgehead atoms. The maximum atomic E-state index is 12.9. The van der Waals surface area contributed by atoms with Gasteiger partial charge in [-0.15, -0.1) is 0 Å². The van der Waals surface area contributed by atoms with Crippen molar-refractivity contribution >= 4 is 28.3 Å². The van der Waals surface area contributed by atoms with Gasteiger partial charge in [-0.1, -0.05) is 72.2 Å². The third-order valence-electron chi connectivity index (χ3n) is 4.07. The van der Waals surface area contributed by atoms with Crippen LogP contribution in [0, 0.1) is 5.92 Å². The minimum absolute atomic E-state index is 0.486. The first kappa shape index (κ1) is 24.7. The van der Waals surface area contributed by atoms with Crippen LogP contribution in [0.2, 0.25) is 5.02 Å². The van der Waals surface area contributed by atoms with E-state index in [2.05, 4.69) is 46.8 Å². The largest absolute Gasteiger partial charge is 0.287 e. The fraction of sp³-hybridized carbons (Fsp3) is 0.500. The molecule has 2 nitrogen and oxygen atoms in total. The van der Waals surface area contributed by atoms with Crippen molar-refractivity contribution in [2.24, 2.45) is 5.92 Å². The number of halogens is 1. The molecule has 156 valence electrons. The first-order valence-electron chi connectivity index (χ1n) is 10.4. The summed E-state index contributed by atoms with van der Waals surface area (Å²) in [6.07, 6.45) is 2.00. The Kier molecular flexibility index (Phi) is 10.8. The highest BCUT2D eigenvalue weighted by Gasteiger charge is 2.22. The van der Waals surface area contributed by atoms with Crippen LogP contribution in [0.5, 0.6) is 0 Å². The van der Waals surface area contributed by atoms with Crippen LogP contribution in [0.3, 0.4) is 0 Å². The second-order valence-corrected chi connectivity index (χ2v) is 9.53. The second-order valence-electron chi connectivity index (χ2n) is 7.68. The zero-order valence-corrected chi connectivity index (χ0v) is 20.0. The SMILES string of the molecule is CC.CC(C)C.CC(C)c1ccc(S(=O)N2CCCc3cc(Cl)ccc32)cc1. The van der Waals surface area contributed by atoms with Crippen molar-refractivity contribution < 1.29 is 4.21 Å². The third-order valence-corrected chi connectivity index (χ3v) is 5.76. The third kappa shape index (κ3) is 7.25. The zero-order valence-electron chi connectivity index (χ0n) is 18.5. The van der Waals surface area contributed by atoms with Gasteiger partial charge in [0.05, 0.1) is 10.6 Å². The number of hydrogen-bond acceptors (Lipinski definition) is 1.